The van der Waals surface area contributed by atoms with Gasteiger partial charge in [-0.05, 0) is 108 Å². The fourth-order valence-electron chi connectivity index (χ4n) is 7.04. The summed E-state index contributed by atoms with van der Waals surface area (Å²) in [6.45, 7) is 19.3. The maximum atomic E-state index is 9.75. The summed E-state index contributed by atoms with van der Waals surface area (Å²) >= 11 is 0. The number of halogens is 4. The average Bonchev–Trinajstić information content (AvgIpc) is 3.73. The van der Waals surface area contributed by atoms with Crippen LogP contribution in [0.1, 0.15) is 107 Å². The number of hydrogen-bond acceptors (Lipinski definition) is 0. The first-order chi connectivity index (χ1) is 21.2. The Balaban J connectivity index is 0.000000643. The molecule has 0 nitrogen and oxygen atoms in total. The molecule has 5 rings (SSSR count). The molecule has 2 aliphatic heterocycles. The van der Waals surface area contributed by atoms with Gasteiger partial charge >= 0.3 is 7.25 Å². The summed E-state index contributed by atoms with van der Waals surface area (Å²) in [6, 6.07) is 0. The Morgan fingerprint density at radius 3 is 0.915 bits per heavy atom. The predicted molar refractivity (Wildman–Crippen MR) is 197 cm³/mol. The fraction of sp³-hybridized carbons (Fsp3) is 0.632. The van der Waals surface area contributed by atoms with Gasteiger partial charge in [0.25, 0.3) is 0 Å². The van der Waals surface area contributed by atoms with Crippen LogP contribution >= 0.6 is 15.8 Å². The van der Waals surface area contributed by atoms with Crippen LogP contribution in [0.15, 0.2) is 71.4 Å². The molecule has 271 valence electrons. The van der Waals surface area contributed by atoms with Crippen molar-refractivity contribution < 1.29 is 53.8 Å². The molecule has 3 aliphatic carbocycles. The zero-order valence-electron chi connectivity index (χ0n) is 29.9. The minimum atomic E-state index is -6.00. The Morgan fingerprint density at radius 1 is 0.511 bits per heavy atom. The van der Waals surface area contributed by atoms with E-state index in [-0.39, 0.29) is 52.4 Å². The van der Waals surface area contributed by atoms with Gasteiger partial charge in [0.1, 0.15) is 0 Å². The van der Waals surface area contributed by atoms with Gasteiger partial charge in [-0.25, -0.2) is 0 Å². The van der Waals surface area contributed by atoms with Crippen molar-refractivity contribution in [1.29, 1.82) is 0 Å². The van der Waals surface area contributed by atoms with Crippen molar-refractivity contribution in [2.45, 2.75) is 129 Å². The standard InChI is InChI=1S/2C15H24P.C8H12.BF4.Fe.Rh/c2*1-11(2)14-9-10-15(12(3)4)16(14)13-7-5-6-8-13;1-2-4-6-8-7-5-3-1;2-1(3,4)5;;/h2*5-8,11-12,14-15H,9-10H2,1-4H3;1-2,7-8H,3-6H2;;;/q;;;-1;;. The molecule has 0 aromatic carbocycles. The molecule has 3 radical (unpaired) electrons. The first kappa shape index (κ1) is 47.2. The Labute approximate surface area is 312 Å². The van der Waals surface area contributed by atoms with Crippen molar-refractivity contribution in [3.63, 3.8) is 0 Å². The van der Waals surface area contributed by atoms with Crippen LogP contribution in [0.5, 0.6) is 0 Å². The van der Waals surface area contributed by atoms with E-state index in [0.717, 1.165) is 46.3 Å². The van der Waals surface area contributed by atoms with Crippen LogP contribution < -0.4 is 0 Å². The molecule has 0 aromatic rings. The molecule has 0 saturated carbocycles. The normalized spacial score (nSPS) is 27.9. The minimum Gasteiger partial charge on any atom is -0.418 e. The van der Waals surface area contributed by atoms with E-state index in [9.17, 15) is 17.3 Å². The molecule has 9 heteroatoms. The molecule has 4 atom stereocenters. The average molecular weight is 824 g/mol. The summed E-state index contributed by atoms with van der Waals surface area (Å²) in [5.41, 5.74) is 3.85. The summed E-state index contributed by atoms with van der Waals surface area (Å²) in [7, 11) is -5.82. The molecule has 5 aliphatic rings. The Hall–Kier alpha value is 0.228. The molecular formula is C38H60BF4FeP2Rh-. The summed E-state index contributed by atoms with van der Waals surface area (Å²) in [5.74, 6) is 3.41. The van der Waals surface area contributed by atoms with Gasteiger partial charge in [-0.2, -0.15) is 0 Å². The number of rotatable bonds is 6. The first-order valence-electron chi connectivity index (χ1n) is 17.4. The van der Waals surface area contributed by atoms with E-state index in [0.29, 0.717) is 0 Å². The summed E-state index contributed by atoms with van der Waals surface area (Å²) in [6.07, 6.45) is 38.1. The Bertz CT molecular complexity index is 923. The van der Waals surface area contributed by atoms with E-state index in [4.69, 9.17) is 0 Å². The topological polar surface area (TPSA) is 0 Å². The molecule has 4 unspecified atom stereocenters. The summed E-state index contributed by atoms with van der Waals surface area (Å²) in [4.78, 5) is 0. The molecular weight excluding hydrogens is 764 g/mol. The van der Waals surface area contributed by atoms with Gasteiger partial charge in [0.2, 0.25) is 0 Å². The van der Waals surface area contributed by atoms with Crippen molar-refractivity contribution in [2.24, 2.45) is 23.7 Å². The van der Waals surface area contributed by atoms with Crippen LogP contribution in [0.3, 0.4) is 0 Å². The van der Waals surface area contributed by atoms with Gasteiger partial charge in [0, 0.05) is 49.4 Å². The Morgan fingerprint density at radius 2 is 0.745 bits per heavy atom. The second-order valence-electron chi connectivity index (χ2n) is 14.1. The van der Waals surface area contributed by atoms with Crippen molar-refractivity contribution in [1.82, 2.24) is 0 Å². The van der Waals surface area contributed by atoms with Crippen molar-refractivity contribution in [2.75, 3.05) is 0 Å². The van der Waals surface area contributed by atoms with E-state index in [1.807, 2.05) is 0 Å². The largest absolute Gasteiger partial charge is 0.673 e. The molecule has 2 fully saturated rings. The van der Waals surface area contributed by atoms with Gasteiger partial charge in [-0.3, -0.25) is 0 Å². The summed E-state index contributed by atoms with van der Waals surface area (Å²) in [5, 5.41) is 3.31. The van der Waals surface area contributed by atoms with Crippen molar-refractivity contribution in [3.8, 4) is 0 Å². The van der Waals surface area contributed by atoms with E-state index in [2.05, 4.69) is 129 Å². The molecule has 0 aromatic heterocycles. The van der Waals surface area contributed by atoms with Crippen molar-refractivity contribution >= 4 is 23.1 Å². The van der Waals surface area contributed by atoms with Gasteiger partial charge in [0.15, 0.2) is 0 Å². The molecule has 2 saturated heterocycles. The van der Waals surface area contributed by atoms with E-state index >= 15 is 0 Å². The van der Waals surface area contributed by atoms with Gasteiger partial charge < -0.3 is 17.3 Å². The first-order valence-corrected chi connectivity index (χ1v) is 20.4. The van der Waals surface area contributed by atoms with Crippen LogP contribution in [0.25, 0.3) is 0 Å². The van der Waals surface area contributed by atoms with Crippen LogP contribution in [0, 0.1) is 36.5 Å². The second kappa shape index (κ2) is 24.4. The zero-order chi connectivity index (χ0) is 33.6. The molecule has 2 heterocycles. The number of allylic oxidation sites excluding steroid dienone is 12. The third kappa shape index (κ3) is 17.3. The van der Waals surface area contributed by atoms with Crippen LogP contribution in [0.4, 0.5) is 17.3 Å². The molecule has 47 heavy (non-hydrogen) atoms. The molecule has 0 bridgehead atoms. The molecule has 0 spiro atoms. The third-order valence-electron chi connectivity index (χ3n) is 9.24. The fourth-order valence-corrected chi connectivity index (χ4v) is 14.9. The predicted octanol–water partition coefficient (Wildman–Crippen LogP) is 13.9. The van der Waals surface area contributed by atoms with E-state index in [1.54, 1.807) is 10.6 Å². The SMILES string of the molecule is C1=CCCC=CCC1.CC(C)C1CCC(C(C)C)P1C1=CC=C[CH]1.CC(C)C1CCC(C(C)C)P1C1=CC=C[CH]1.F[B-](F)(F)F.[Fe].[Rh]. The van der Waals surface area contributed by atoms with E-state index < -0.39 is 7.25 Å². The van der Waals surface area contributed by atoms with Crippen molar-refractivity contribution in [3.05, 3.63) is 84.2 Å². The van der Waals surface area contributed by atoms with E-state index in [1.165, 1.54) is 51.4 Å². The maximum absolute atomic E-state index is 9.75. The second-order valence-corrected chi connectivity index (χ2v) is 19.4. The molecule has 0 N–H and O–H groups in total. The maximum Gasteiger partial charge on any atom is 0.673 e. The third-order valence-corrected chi connectivity index (χ3v) is 17.3. The zero-order valence-corrected chi connectivity index (χ0v) is 34.4. The smallest absolute Gasteiger partial charge is 0.418 e. The summed E-state index contributed by atoms with van der Waals surface area (Å²) < 4.78 is 39.0. The van der Waals surface area contributed by atoms with Gasteiger partial charge in [0.05, 0.1) is 0 Å². The Kier molecular flexibility index (Phi) is 24.5. The van der Waals surface area contributed by atoms with Crippen LogP contribution in [-0.2, 0) is 36.5 Å². The minimum absolute atomic E-state index is 0. The monoisotopic (exact) mass is 824 g/mol. The quantitative estimate of drug-likeness (QED) is 0.108. The van der Waals surface area contributed by atoms with Crippen LogP contribution in [0.2, 0.25) is 0 Å². The van der Waals surface area contributed by atoms with Crippen LogP contribution in [-0.4, -0.2) is 29.9 Å². The number of hydrogen-bond donors (Lipinski definition) is 0. The van der Waals surface area contributed by atoms with Gasteiger partial charge in [-0.15, -0.1) is 0 Å². The molecule has 0 amide bonds. The van der Waals surface area contributed by atoms with Gasteiger partial charge in [-0.1, -0.05) is 132 Å².